The molecule has 1 saturated heterocycles. The molecule has 3 aromatic carbocycles. The number of carbonyl (C=O) groups is 1. The molecule has 1 fully saturated rings. The maximum Gasteiger partial charge on any atom is 0.261 e. The van der Waals surface area contributed by atoms with E-state index in [9.17, 15) is 13.2 Å². The molecule has 178 valence electrons. The highest BCUT2D eigenvalue weighted by Crippen LogP contribution is 2.30. The van der Waals surface area contributed by atoms with Crippen molar-refractivity contribution < 1.29 is 22.7 Å². The topological polar surface area (TPSA) is 84.9 Å². The molecule has 0 saturated carbocycles. The van der Waals surface area contributed by atoms with Crippen LogP contribution < -0.4 is 9.46 Å². The molecule has 1 aliphatic rings. The van der Waals surface area contributed by atoms with E-state index in [1.54, 1.807) is 29.2 Å². The van der Waals surface area contributed by atoms with Crippen LogP contribution in [0.4, 0.5) is 5.69 Å². The van der Waals surface area contributed by atoms with Crippen molar-refractivity contribution in [1.82, 2.24) is 4.90 Å². The molecule has 0 unspecified atom stereocenters. The largest absolute Gasteiger partial charge is 0.456 e. The molecule has 10 heteroatoms. The Bertz CT molecular complexity index is 1300. The Hall–Kier alpha value is -2.78. The van der Waals surface area contributed by atoms with E-state index in [1.807, 2.05) is 6.92 Å². The highest BCUT2D eigenvalue weighted by molar-refractivity contribution is 7.92. The van der Waals surface area contributed by atoms with Crippen molar-refractivity contribution >= 4 is 44.8 Å². The van der Waals surface area contributed by atoms with Crippen LogP contribution in [0.25, 0.3) is 0 Å². The summed E-state index contributed by atoms with van der Waals surface area (Å²) in [5, 5.41) is 0.767. The number of rotatable bonds is 6. The molecule has 7 nitrogen and oxygen atoms in total. The maximum absolute atomic E-state index is 13.2. The lowest BCUT2D eigenvalue weighted by Gasteiger charge is -2.33. The number of nitrogens with one attached hydrogen (secondary N) is 1. The monoisotopic (exact) mass is 520 g/mol. The maximum atomic E-state index is 13.2. The van der Waals surface area contributed by atoms with Crippen LogP contribution in [-0.2, 0) is 14.8 Å². The van der Waals surface area contributed by atoms with Gasteiger partial charge in [-0.25, -0.2) is 8.42 Å². The zero-order valence-corrected chi connectivity index (χ0v) is 20.5. The molecule has 1 aliphatic heterocycles. The highest BCUT2D eigenvalue weighted by Gasteiger charge is 2.28. The van der Waals surface area contributed by atoms with Gasteiger partial charge in [-0.3, -0.25) is 9.52 Å². The number of sulfonamides is 1. The molecule has 0 spiro atoms. The molecular weight excluding hydrogens is 499 g/mol. The minimum absolute atomic E-state index is 0.00657. The molecule has 4 rings (SSSR count). The molecule has 1 atom stereocenters. The van der Waals surface area contributed by atoms with Gasteiger partial charge < -0.3 is 14.4 Å². The van der Waals surface area contributed by atoms with Gasteiger partial charge in [0.15, 0.2) is 0 Å². The molecule has 0 radical (unpaired) electrons. The molecule has 1 heterocycles. The summed E-state index contributed by atoms with van der Waals surface area (Å²) in [5.41, 5.74) is 0.313. The first kappa shape index (κ1) is 24.3. The minimum atomic E-state index is -3.99. The van der Waals surface area contributed by atoms with E-state index in [-0.39, 0.29) is 28.1 Å². The summed E-state index contributed by atoms with van der Waals surface area (Å²) < 4.78 is 39.8. The van der Waals surface area contributed by atoms with Gasteiger partial charge in [0.1, 0.15) is 11.5 Å². The average molecular weight is 521 g/mol. The van der Waals surface area contributed by atoms with Crippen LogP contribution in [0.5, 0.6) is 11.5 Å². The van der Waals surface area contributed by atoms with Gasteiger partial charge in [0, 0.05) is 11.6 Å². The average Bonchev–Trinajstić information content (AvgIpc) is 2.82. The zero-order chi connectivity index (χ0) is 24.3. The standard InChI is InChI=1S/C24H22Cl2N2O5S/c1-16-15-32-13-12-28(16)24(29)20-14-17(25)6-11-22(20)27-34(30,31)19-9-7-18(8-10-19)33-23-5-3-2-4-21(23)26/h2-11,14,16,27H,12-13,15H2,1H3/t16-/m0/s1. The Kier molecular flexibility index (Phi) is 7.33. The number of anilines is 1. The number of nitrogens with zero attached hydrogens (tertiary/aromatic N) is 1. The van der Waals surface area contributed by atoms with E-state index in [4.69, 9.17) is 32.7 Å². The molecule has 1 amide bonds. The number of amides is 1. The lowest BCUT2D eigenvalue weighted by Crippen LogP contribution is -2.47. The summed E-state index contributed by atoms with van der Waals surface area (Å²) in [7, 11) is -3.99. The SMILES string of the molecule is C[C@H]1COCCN1C(=O)c1cc(Cl)ccc1NS(=O)(=O)c1ccc(Oc2ccccc2Cl)cc1. The first-order valence-corrected chi connectivity index (χ1v) is 12.7. The molecule has 1 N–H and O–H groups in total. The van der Waals surface area contributed by atoms with Crippen molar-refractivity contribution in [1.29, 1.82) is 0 Å². The van der Waals surface area contributed by atoms with Crippen LogP contribution in [0.15, 0.2) is 71.6 Å². The van der Waals surface area contributed by atoms with Crippen LogP contribution in [0, 0.1) is 0 Å². The van der Waals surface area contributed by atoms with Crippen molar-refractivity contribution in [2.24, 2.45) is 0 Å². The summed E-state index contributed by atoms with van der Waals surface area (Å²) in [6.07, 6.45) is 0. The summed E-state index contributed by atoms with van der Waals surface area (Å²) in [6, 6.07) is 17.2. The lowest BCUT2D eigenvalue weighted by molar-refractivity contribution is 0.00365. The Morgan fingerprint density at radius 3 is 2.53 bits per heavy atom. The molecular formula is C24H22Cl2N2O5S. The normalized spacial score (nSPS) is 16.2. The smallest absolute Gasteiger partial charge is 0.261 e. The fourth-order valence-corrected chi connectivity index (χ4v) is 4.94. The first-order chi connectivity index (χ1) is 16.2. The van der Waals surface area contributed by atoms with E-state index in [0.29, 0.717) is 41.3 Å². The number of hydrogen-bond donors (Lipinski definition) is 1. The Morgan fingerprint density at radius 2 is 1.82 bits per heavy atom. The van der Waals surface area contributed by atoms with Crippen molar-refractivity contribution in [3.63, 3.8) is 0 Å². The van der Waals surface area contributed by atoms with Gasteiger partial charge in [0.05, 0.1) is 40.4 Å². The highest BCUT2D eigenvalue weighted by atomic mass is 35.5. The second-order valence-corrected chi connectivity index (χ2v) is 10.2. The van der Waals surface area contributed by atoms with Gasteiger partial charge in [-0.05, 0) is 61.5 Å². The summed E-state index contributed by atoms with van der Waals surface area (Å²) in [5.74, 6) is 0.565. The van der Waals surface area contributed by atoms with Crippen LogP contribution in [0.1, 0.15) is 17.3 Å². The van der Waals surface area contributed by atoms with Crippen molar-refractivity contribution in [3.8, 4) is 11.5 Å². The molecule has 3 aromatic rings. The van der Waals surface area contributed by atoms with E-state index >= 15 is 0 Å². The summed E-state index contributed by atoms with van der Waals surface area (Å²) in [6.45, 7) is 3.11. The fraction of sp³-hybridized carbons (Fsp3) is 0.208. The number of morpholine rings is 1. The third kappa shape index (κ3) is 5.47. The number of ether oxygens (including phenoxy) is 2. The van der Waals surface area contributed by atoms with Crippen molar-refractivity contribution in [3.05, 3.63) is 82.3 Å². The first-order valence-electron chi connectivity index (χ1n) is 10.5. The van der Waals surface area contributed by atoms with Crippen molar-refractivity contribution in [2.75, 3.05) is 24.5 Å². The number of para-hydroxylation sites is 1. The molecule has 0 bridgehead atoms. The summed E-state index contributed by atoms with van der Waals surface area (Å²) in [4.78, 5) is 14.9. The molecule has 34 heavy (non-hydrogen) atoms. The molecule has 0 aliphatic carbocycles. The Labute approximate surface area is 208 Å². The number of carbonyl (C=O) groups excluding carboxylic acids is 1. The fourth-order valence-electron chi connectivity index (χ4n) is 3.51. The van der Waals surface area contributed by atoms with Gasteiger partial charge >= 0.3 is 0 Å². The predicted octanol–water partition coefficient (Wildman–Crippen LogP) is 5.45. The minimum Gasteiger partial charge on any atom is -0.456 e. The lowest BCUT2D eigenvalue weighted by atomic mass is 10.1. The van der Waals surface area contributed by atoms with E-state index < -0.39 is 10.0 Å². The second kappa shape index (κ2) is 10.2. The van der Waals surface area contributed by atoms with Gasteiger partial charge in [-0.15, -0.1) is 0 Å². The van der Waals surface area contributed by atoms with E-state index in [2.05, 4.69) is 4.72 Å². The van der Waals surface area contributed by atoms with Crippen molar-refractivity contribution in [2.45, 2.75) is 17.9 Å². The Morgan fingerprint density at radius 1 is 1.09 bits per heavy atom. The zero-order valence-electron chi connectivity index (χ0n) is 18.2. The predicted molar refractivity (Wildman–Crippen MR) is 132 cm³/mol. The number of benzene rings is 3. The quantitative estimate of drug-likeness (QED) is 0.467. The van der Waals surface area contributed by atoms with E-state index in [1.165, 1.54) is 42.5 Å². The van der Waals surface area contributed by atoms with Gasteiger partial charge in [0.2, 0.25) is 0 Å². The van der Waals surface area contributed by atoms with Gasteiger partial charge in [-0.2, -0.15) is 0 Å². The van der Waals surface area contributed by atoms with Crippen LogP contribution in [0.2, 0.25) is 10.0 Å². The summed E-state index contributed by atoms with van der Waals surface area (Å²) >= 11 is 12.2. The van der Waals surface area contributed by atoms with E-state index in [0.717, 1.165) is 0 Å². The van der Waals surface area contributed by atoms with Gasteiger partial charge in [-0.1, -0.05) is 35.3 Å². The van der Waals surface area contributed by atoms with Gasteiger partial charge in [0.25, 0.3) is 15.9 Å². The third-order valence-electron chi connectivity index (χ3n) is 5.28. The van der Waals surface area contributed by atoms with Crippen LogP contribution in [0.3, 0.4) is 0 Å². The number of halogens is 2. The second-order valence-electron chi connectivity index (χ2n) is 7.72. The van der Waals surface area contributed by atoms with Crippen LogP contribution in [-0.4, -0.2) is 45.0 Å². The Balaban J connectivity index is 1.56. The number of hydrogen-bond acceptors (Lipinski definition) is 5. The van der Waals surface area contributed by atoms with Crippen LogP contribution >= 0.6 is 23.2 Å². The third-order valence-corrected chi connectivity index (χ3v) is 7.21. The molecule has 0 aromatic heterocycles.